The van der Waals surface area contributed by atoms with E-state index in [4.69, 9.17) is 0 Å². The topological polar surface area (TPSA) is 87.8 Å². The summed E-state index contributed by atoms with van der Waals surface area (Å²) in [4.78, 5) is 24.0. The normalized spacial score (nSPS) is 13.8. The Labute approximate surface area is 126 Å². The number of anilines is 2. The van der Waals surface area contributed by atoms with Crippen molar-refractivity contribution in [1.29, 1.82) is 0 Å². The van der Waals surface area contributed by atoms with Crippen molar-refractivity contribution in [3.05, 3.63) is 64.2 Å². The van der Waals surface area contributed by atoms with E-state index in [2.05, 4.69) is 10.5 Å². The first-order valence-corrected chi connectivity index (χ1v) is 6.56. The molecule has 7 nitrogen and oxygen atoms in total. The number of para-hydroxylation sites is 1. The molecule has 2 aromatic rings. The van der Waals surface area contributed by atoms with E-state index >= 15 is 0 Å². The molecule has 0 radical (unpaired) electrons. The number of nitrogens with zero attached hydrogens (tertiary/aromatic N) is 3. The molecule has 1 heterocycles. The predicted molar refractivity (Wildman–Crippen MR) is 82.4 cm³/mol. The van der Waals surface area contributed by atoms with Gasteiger partial charge in [-0.3, -0.25) is 15.0 Å². The summed E-state index contributed by atoms with van der Waals surface area (Å²) in [5, 5.41) is 14.8. The highest BCUT2D eigenvalue weighted by Crippen LogP contribution is 2.31. The SMILES string of the molecule is CC1=NNC(=O)N(c2ccc([N+](=O)[O-])cc2)c2ccccc21. The van der Waals surface area contributed by atoms with E-state index in [1.165, 1.54) is 29.2 Å². The molecule has 1 N–H and O–H groups in total. The number of non-ortho nitro benzene ring substituents is 1. The second-order valence-electron chi connectivity index (χ2n) is 4.74. The largest absolute Gasteiger partial charge is 0.346 e. The number of benzene rings is 2. The lowest BCUT2D eigenvalue weighted by Crippen LogP contribution is -2.33. The monoisotopic (exact) mass is 296 g/mol. The second-order valence-corrected chi connectivity index (χ2v) is 4.74. The van der Waals surface area contributed by atoms with Gasteiger partial charge in [-0.2, -0.15) is 5.10 Å². The molecular formula is C15H12N4O3. The summed E-state index contributed by atoms with van der Waals surface area (Å²) in [6, 6.07) is 12.7. The number of hydrogen-bond donors (Lipinski definition) is 1. The van der Waals surface area contributed by atoms with Gasteiger partial charge in [0.25, 0.3) is 5.69 Å². The smallest absolute Gasteiger partial charge is 0.261 e. The number of hydrazone groups is 1. The molecule has 7 heteroatoms. The van der Waals surface area contributed by atoms with E-state index in [-0.39, 0.29) is 5.69 Å². The molecule has 2 aromatic carbocycles. The molecule has 0 unspecified atom stereocenters. The molecular weight excluding hydrogens is 284 g/mol. The average Bonchev–Trinajstić information content (AvgIpc) is 2.65. The minimum atomic E-state index is -0.479. The Bertz CT molecular complexity index is 784. The van der Waals surface area contributed by atoms with Crippen LogP contribution in [0.25, 0.3) is 0 Å². The van der Waals surface area contributed by atoms with Crippen LogP contribution < -0.4 is 10.3 Å². The molecule has 0 atom stereocenters. The van der Waals surface area contributed by atoms with Gasteiger partial charge < -0.3 is 0 Å². The second kappa shape index (κ2) is 5.28. The Hall–Kier alpha value is -3.22. The van der Waals surface area contributed by atoms with Gasteiger partial charge in [-0.05, 0) is 25.1 Å². The van der Waals surface area contributed by atoms with Crippen LogP contribution in [0, 0.1) is 10.1 Å². The van der Waals surface area contributed by atoms with E-state index < -0.39 is 11.0 Å². The fourth-order valence-corrected chi connectivity index (χ4v) is 2.31. The lowest BCUT2D eigenvalue weighted by atomic mass is 10.1. The van der Waals surface area contributed by atoms with Crippen LogP contribution in [0.2, 0.25) is 0 Å². The summed E-state index contributed by atoms with van der Waals surface area (Å²) in [6.07, 6.45) is 0. The molecule has 0 saturated carbocycles. The van der Waals surface area contributed by atoms with E-state index in [0.717, 1.165) is 5.56 Å². The first-order chi connectivity index (χ1) is 10.6. The predicted octanol–water partition coefficient (Wildman–Crippen LogP) is 3.18. The molecule has 1 aliphatic rings. The van der Waals surface area contributed by atoms with Crippen LogP contribution in [-0.4, -0.2) is 16.7 Å². The van der Waals surface area contributed by atoms with E-state index in [9.17, 15) is 14.9 Å². The fourth-order valence-electron chi connectivity index (χ4n) is 2.31. The highest BCUT2D eigenvalue weighted by atomic mass is 16.6. The molecule has 110 valence electrons. The molecule has 0 saturated heterocycles. The van der Waals surface area contributed by atoms with Crippen molar-refractivity contribution in [2.24, 2.45) is 5.10 Å². The third-order valence-corrected chi connectivity index (χ3v) is 3.38. The number of hydrogen-bond acceptors (Lipinski definition) is 4. The zero-order valence-corrected chi connectivity index (χ0v) is 11.7. The fraction of sp³-hybridized carbons (Fsp3) is 0.0667. The summed E-state index contributed by atoms with van der Waals surface area (Å²) >= 11 is 0. The highest BCUT2D eigenvalue weighted by molar-refractivity contribution is 6.12. The standard InChI is InChI=1S/C15H12N4O3/c1-10-13-4-2-3-5-14(13)18(15(20)17-16-10)11-6-8-12(9-7-11)19(21)22/h2-9H,1H3,(H,17,20). The molecule has 3 rings (SSSR count). The molecule has 0 aliphatic carbocycles. The van der Waals surface area contributed by atoms with Gasteiger partial charge in [0, 0.05) is 17.7 Å². The van der Waals surface area contributed by atoms with Crippen LogP contribution in [0.5, 0.6) is 0 Å². The van der Waals surface area contributed by atoms with Crippen molar-refractivity contribution in [2.75, 3.05) is 4.90 Å². The molecule has 0 fully saturated rings. The number of nitrogens with one attached hydrogen (secondary N) is 1. The molecule has 0 aromatic heterocycles. The summed E-state index contributed by atoms with van der Waals surface area (Å²) in [7, 11) is 0. The summed E-state index contributed by atoms with van der Waals surface area (Å²) in [5.74, 6) is 0. The van der Waals surface area contributed by atoms with Crippen LogP contribution in [0.1, 0.15) is 12.5 Å². The van der Waals surface area contributed by atoms with Gasteiger partial charge in [-0.25, -0.2) is 10.2 Å². The Morgan fingerprint density at radius 3 is 2.50 bits per heavy atom. The number of rotatable bonds is 2. The van der Waals surface area contributed by atoms with Gasteiger partial charge in [0.05, 0.1) is 22.0 Å². The van der Waals surface area contributed by atoms with Crippen LogP contribution in [0.15, 0.2) is 53.6 Å². The molecule has 2 amide bonds. The maximum atomic E-state index is 12.3. The van der Waals surface area contributed by atoms with E-state index in [0.29, 0.717) is 17.1 Å². The van der Waals surface area contributed by atoms with Crippen LogP contribution in [0.3, 0.4) is 0 Å². The van der Waals surface area contributed by atoms with Crippen molar-refractivity contribution in [2.45, 2.75) is 6.92 Å². The van der Waals surface area contributed by atoms with Crippen molar-refractivity contribution in [1.82, 2.24) is 5.43 Å². The number of urea groups is 1. The van der Waals surface area contributed by atoms with Crippen molar-refractivity contribution < 1.29 is 9.72 Å². The summed E-state index contributed by atoms with van der Waals surface area (Å²) in [5.41, 5.74) is 5.15. The zero-order chi connectivity index (χ0) is 15.7. The maximum Gasteiger partial charge on any atom is 0.346 e. The Morgan fingerprint density at radius 1 is 1.14 bits per heavy atom. The van der Waals surface area contributed by atoms with Gasteiger partial charge in [0.1, 0.15) is 0 Å². The summed E-state index contributed by atoms with van der Waals surface area (Å²) < 4.78 is 0. The van der Waals surface area contributed by atoms with Gasteiger partial charge in [0.2, 0.25) is 0 Å². The van der Waals surface area contributed by atoms with Gasteiger partial charge in [0.15, 0.2) is 0 Å². The van der Waals surface area contributed by atoms with Crippen molar-refractivity contribution >= 4 is 28.8 Å². The highest BCUT2D eigenvalue weighted by Gasteiger charge is 2.24. The van der Waals surface area contributed by atoms with Crippen LogP contribution in [0.4, 0.5) is 21.9 Å². The first kappa shape index (κ1) is 13.7. The Morgan fingerprint density at radius 2 is 1.82 bits per heavy atom. The van der Waals surface area contributed by atoms with Crippen molar-refractivity contribution in [3.8, 4) is 0 Å². The number of nitro groups is 1. The zero-order valence-electron chi connectivity index (χ0n) is 11.7. The number of fused-ring (bicyclic) bond motifs is 1. The Kier molecular flexibility index (Phi) is 3.30. The average molecular weight is 296 g/mol. The van der Waals surface area contributed by atoms with Crippen LogP contribution in [-0.2, 0) is 0 Å². The lowest BCUT2D eigenvalue weighted by molar-refractivity contribution is -0.384. The van der Waals surface area contributed by atoms with Gasteiger partial charge in [-0.1, -0.05) is 18.2 Å². The number of carbonyl (C=O) groups excluding carboxylic acids is 1. The Balaban J connectivity index is 2.11. The minimum Gasteiger partial charge on any atom is -0.261 e. The van der Waals surface area contributed by atoms with E-state index in [1.807, 2.05) is 18.2 Å². The van der Waals surface area contributed by atoms with Gasteiger partial charge >= 0.3 is 6.03 Å². The third-order valence-electron chi connectivity index (χ3n) is 3.38. The van der Waals surface area contributed by atoms with Gasteiger partial charge in [-0.15, -0.1) is 0 Å². The molecule has 22 heavy (non-hydrogen) atoms. The quantitative estimate of drug-likeness (QED) is 0.682. The molecule has 1 aliphatic heterocycles. The van der Waals surface area contributed by atoms with Crippen molar-refractivity contribution in [3.63, 3.8) is 0 Å². The third kappa shape index (κ3) is 2.28. The lowest BCUT2D eigenvalue weighted by Gasteiger charge is -2.22. The number of carbonyl (C=O) groups is 1. The number of nitro benzene ring substituents is 1. The first-order valence-electron chi connectivity index (χ1n) is 6.56. The molecule has 0 spiro atoms. The number of amides is 2. The summed E-state index contributed by atoms with van der Waals surface area (Å²) in [6.45, 7) is 1.80. The minimum absolute atomic E-state index is 0.0281. The molecule has 0 bridgehead atoms. The van der Waals surface area contributed by atoms with E-state index in [1.54, 1.807) is 13.0 Å². The maximum absolute atomic E-state index is 12.3. The van der Waals surface area contributed by atoms with Crippen LogP contribution >= 0.6 is 0 Å².